The van der Waals surface area contributed by atoms with Crippen molar-refractivity contribution in [1.29, 1.82) is 0 Å². The Labute approximate surface area is 119 Å². The summed E-state index contributed by atoms with van der Waals surface area (Å²) in [7, 11) is 0. The monoisotopic (exact) mass is 281 g/mol. The summed E-state index contributed by atoms with van der Waals surface area (Å²) in [6.45, 7) is 0.375. The van der Waals surface area contributed by atoms with E-state index in [1.807, 2.05) is 24.3 Å². The van der Waals surface area contributed by atoms with Gasteiger partial charge in [-0.2, -0.15) is 0 Å². The van der Waals surface area contributed by atoms with Crippen LogP contribution >= 0.6 is 0 Å². The molecule has 0 unspecified atom stereocenters. The Morgan fingerprint density at radius 3 is 2.86 bits per heavy atom. The van der Waals surface area contributed by atoms with E-state index in [2.05, 4.69) is 20.5 Å². The molecule has 0 radical (unpaired) electrons. The van der Waals surface area contributed by atoms with Gasteiger partial charge in [0.25, 0.3) is 0 Å². The molecule has 0 saturated carbocycles. The number of nitrogens with zero attached hydrogens (tertiary/aromatic N) is 5. The Morgan fingerprint density at radius 1 is 1.19 bits per heavy atom. The molecule has 0 saturated heterocycles. The van der Waals surface area contributed by atoms with Crippen LogP contribution in [0.25, 0.3) is 11.5 Å². The number of rotatable bonds is 4. The van der Waals surface area contributed by atoms with Crippen LogP contribution < -0.4 is 0 Å². The van der Waals surface area contributed by atoms with Crippen molar-refractivity contribution in [2.24, 2.45) is 0 Å². The molecule has 7 nitrogen and oxygen atoms in total. The third-order valence-corrected chi connectivity index (χ3v) is 2.93. The van der Waals surface area contributed by atoms with E-state index in [-0.39, 0.29) is 5.56 Å². The topological polar surface area (TPSA) is 93.8 Å². The maximum atomic E-state index is 11.0. The number of aromatic nitrogens is 5. The minimum absolute atomic E-state index is 0.236. The van der Waals surface area contributed by atoms with E-state index in [1.165, 1.54) is 0 Å². The second-order valence-corrected chi connectivity index (χ2v) is 4.38. The van der Waals surface area contributed by atoms with Gasteiger partial charge in [0.15, 0.2) is 0 Å². The Morgan fingerprint density at radius 2 is 2.10 bits per heavy atom. The van der Waals surface area contributed by atoms with E-state index in [4.69, 9.17) is 5.11 Å². The molecule has 0 spiro atoms. The van der Waals surface area contributed by atoms with E-state index >= 15 is 0 Å². The summed E-state index contributed by atoms with van der Waals surface area (Å²) in [5, 5.41) is 20.6. The smallest absolute Gasteiger partial charge is 0.335 e. The van der Waals surface area contributed by atoms with Crippen LogP contribution in [0.3, 0.4) is 0 Å². The summed E-state index contributed by atoms with van der Waals surface area (Å²) < 4.78 is 1.59. The van der Waals surface area contributed by atoms with Crippen LogP contribution in [0.2, 0.25) is 0 Å². The Kier molecular flexibility index (Phi) is 3.38. The average Bonchev–Trinajstić information content (AvgIpc) is 2.96. The second-order valence-electron chi connectivity index (χ2n) is 4.38. The largest absolute Gasteiger partial charge is 0.478 e. The van der Waals surface area contributed by atoms with Gasteiger partial charge in [0.05, 0.1) is 12.1 Å². The second kappa shape index (κ2) is 5.49. The molecule has 2 heterocycles. The Hall–Kier alpha value is -3.09. The highest BCUT2D eigenvalue weighted by atomic mass is 16.4. The first-order valence-electron chi connectivity index (χ1n) is 6.24. The quantitative estimate of drug-likeness (QED) is 0.778. The zero-order chi connectivity index (χ0) is 14.7. The fraction of sp³-hybridized carbons (Fsp3) is 0.0714. The van der Waals surface area contributed by atoms with E-state index in [0.29, 0.717) is 18.1 Å². The van der Waals surface area contributed by atoms with Crippen molar-refractivity contribution in [3.8, 4) is 11.5 Å². The molecule has 0 amide bonds. The molecule has 1 aromatic carbocycles. The number of tetrazole rings is 1. The van der Waals surface area contributed by atoms with Crippen molar-refractivity contribution in [2.75, 3.05) is 0 Å². The van der Waals surface area contributed by atoms with Crippen LogP contribution in [0.5, 0.6) is 0 Å². The van der Waals surface area contributed by atoms with Crippen molar-refractivity contribution in [1.82, 2.24) is 25.2 Å². The molecule has 7 heteroatoms. The summed E-state index contributed by atoms with van der Waals surface area (Å²) in [6, 6.07) is 12.2. The number of benzene rings is 1. The molecule has 0 aliphatic heterocycles. The van der Waals surface area contributed by atoms with Gasteiger partial charge >= 0.3 is 5.97 Å². The van der Waals surface area contributed by atoms with Gasteiger partial charge in [-0.3, -0.25) is 4.98 Å². The van der Waals surface area contributed by atoms with Gasteiger partial charge in [-0.25, -0.2) is 9.48 Å². The third kappa shape index (κ3) is 2.76. The minimum atomic E-state index is -0.960. The fourth-order valence-electron chi connectivity index (χ4n) is 1.97. The predicted molar refractivity (Wildman–Crippen MR) is 73.6 cm³/mol. The summed E-state index contributed by atoms with van der Waals surface area (Å²) >= 11 is 0. The van der Waals surface area contributed by atoms with Crippen molar-refractivity contribution in [3.63, 3.8) is 0 Å². The summed E-state index contributed by atoms with van der Waals surface area (Å²) in [4.78, 5) is 15.2. The fourth-order valence-corrected chi connectivity index (χ4v) is 1.97. The van der Waals surface area contributed by atoms with E-state index in [9.17, 15) is 4.79 Å². The van der Waals surface area contributed by atoms with Crippen LogP contribution in [0.1, 0.15) is 15.9 Å². The number of carbonyl (C=O) groups is 1. The zero-order valence-electron chi connectivity index (χ0n) is 10.9. The van der Waals surface area contributed by atoms with Gasteiger partial charge in [-0.15, -0.1) is 5.10 Å². The van der Waals surface area contributed by atoms with Crippen molar-refractivity contribution >= 4 is 5.97 Å². The molecule has 1 N–H and O–H groups in total. The number of hydrogen-bond donors (Lipinski definition) is 1. The van der Waals surface area contributed by atoms with Crippen LogP contribution in [0.15, 0.2) is 48.7 Å². The molecule has 21 heavy (non-hydrogen) atoms. The summed E-state index contributed by atoms with van der Waals surface area (Å²) in [5.74, 6) is -0.421. The summed E-state index contributed by atoms with van der Waals surface area (Å²) in [5.41, 5.74) is 1.70. The van der Waals surface area contributed by atoms with E-state index in [1.54, 1.807) is 29.1 Å². The minimum Gasteiger partial charge on any atom is -0.478 e. The third-order valence-electron chi connectivity index (χ3n) is 2.93. The SMILES string of the molecule is O=C(O)c1cccc(Cn2nnnc2-c2ccccn2)c1. The van der Waals surface area contributed by atoms with Gasteiger partial charge in [0.1, 0.15) is 5.69 Å². The van der Waals surface area contributed by atoms with Crippen molar-refractivity contribution in [3.05, 3.63) is 59.8 Å². The number of aromatic carboxylic acids is 1. The Balaban J connectivity index is 1.92. The van der Waals surface area contributed by atoms with Gasteiger partial charge in [-0.05, 0) is 40.3 Å². The maximum Gasteiger partial charge on any atom is 0.335 e. The van der Waals surface area contributed by atoms with Crippen LogP contribution in [0, 0.1) is 0 Å². The molecule has 0 aliphatic carbocycles. The molecule has 0 atom stereocenters. The lowest BCUT2D eigenvalue weighted by atomic mass is 10.1. The lowest BCUT2D eigenvalue weighted by Gasteiger charge is -2.05. The van der Waals surface area contributed by atoms with Crippen LogP contribution in [0.4, 0.5) is 0 Å². The molecule has 2 aromatic heterocycles. The van der Waals surface area contributed by atoms with Crippen molar-refractivity contribution in [2.45, 2.75) is 6.54 Å². The normalized spacial score (nSPS) is 10.5. The summed E-state index contributed by atoms with van der Waals surface area (Å²) in [6.07, 6.45) is 1.67. The molecular formula is C14H11N5O2. The first kappa shape index (κ1) is 12.9. The van der Waals surface area contributed by atoms with Gasteiger partial charge in [0, 0.05) is 6.20 Å². The Bertz CT molecular complexity index is 770. The zero-order valence-corrected chi connectivity index (χ0v) is 10.9. The number of carboxylic acids is 1. The highest BCUT2D eigenvalue weighted by Crippen LogP contribution is 2.14. The lowest BCUT2D eigenvalue weighted by Crippen LogP contribution is -2.06. The standard InChI is InChI=1S/C14H11N5O2/c20-14(21)11-5-3-4-10(8-11)9-19-13(16-17-18-19)12-6-1-2-7-15-12/h1-8H,9H2,(H,20,21). The first-order valence-corrected chi connectivity index (χ1v) is 6.24. The number of carboxylic acid groups (broad SMARTS) is 1. The molecule has 3 aromatic rings. The van der Waals surface area contributed by atoms with Gasteiger partial charge < -0.3 is 5.11 Å². The molecule has 0 fully saturated rings. The van der Waals surface area contributed by atoms with E-state index in [0.717, 1.165) is 5.56 Å². The van der Waals surface area contributed by atoms with E-state index < -0.39 is 5.97 Å². The molecular weight excluding hydrogens is 270 g/mol. The average molecular weight is 281 g/mol. The highest BCUT2D eigenvalue weighted by molar-refractivity contribution is 5.87. The van der Waals surface area contributed by atoms with Crippen molar-refractivity contribution < 1.29 is 9.90 Å². The van der Waals surface area contributed by atoms with Gasteiger partial charge in [0.2, 0.25) is 5.82 Å². The maximum absolute atomic E-state index is 11.0. The van der Waals surface area contributed by atoms with Gasteiger partial charge in [-0.1, -0.05) is 18.2 Å². The van der Waals surface area contributed by atoms with Crippen LogP contribution in [-0.2, 0) is 6.54 Å². The lowest BCUT2D eigenvalue weighted by molar-refractivity contribution is 0.0696. The molecule has 0 bridgehead atoms. The number of hydrogen-bond acceptors (Lipinski definition) is 5. The number of pyridine rings is 1. The highest BCUT2D eigenvalue weighted by Gasteiger charge is 2.11. The molecule has 104 valence electrons. The van der Waals surface area contributed by atoms with Crippen LogP contribution in [-0.4, -0.2) is 36.3 Å². The first-order chi connectivity index (χ1) is 10.2. The molecule has 3 rings (SSSR count). The predicted octanol–water partition coefficient (Wildman–Crippen LogP) is 1.48. The molecule has 0 aliphatic rings.